The highest BCUT2D eigenvalue weighted by molar-refractivity contribution is 6.07. The zero-order valence-corrected chi connectivity index (χ0v) is 19.8. The number of aromatic amines is 2. The summed E-state index contributed by atoms with van der Waals surface area (Å²) in [5.74, 6) is -0.192. The maximum atomic E-state index is 13.6. The maximum absolute atomic E-state index is 13.6. The molecule has 0 spiro atoms. The molecule has 7 rings (SSSR count). The molecular weight excluding hydrogens is 464 g/mol. The Balaban J connectivity index is 1.15. The Morgan fingerprint density at radius 3 is 2.62 bits per heavy atom. The van der Waals surface area contributed by atoms with Crippen LogP contribution >= 0.6 is 0 Å². The summed E-state index contributed by atoms with van der Waals surface area (Å²) >= 11 is 0. The predicted molar refractivity (Wildman–Crippen MR) is 143 cm³/mol. The fourth-order valence-corrected chi connectivity index (χ4v) is 5.18. The number of aromatic nitrogens is 4. The fraction of sp³-hybridized carbons (Fsp3) is 0.103. The first-order valence-electron chi connectivity index (χ1n) is 12.2. The van der Waals surface area contributed by atoms with Gasteiger partial charge in [0.25, 0.3) is 11.8 Å². The van der Waals surface area contributed by atoms with Crippen LogP contribution in [0.25, 0.3) is 32.7 Å². The normalized spacial score (nSPS) is 13.2. The van der Waals surface area contributed by atoms with Crippen molar-refractivity contribution in [3.05, 3.63) is 102 Å². The molecule has 4 heterocycles. The van der Waals surface area contributed by atoms with Gasteiger partial charge in [0.1, 0.15) is 11.2 Å². The number of imidazole rings is 1. The number of nitrogens with one attached hydrogen (secondary N) is 3. The maximum Gasteiger partial charge on any atom is 0.276 e. The van der Waals surface area contributed by atoms with E-state index in [0.717, 1.165) is 28.4 Å². The molecule has 0 atom stereocenters. The van der Waals surface area contributed by atoms with E-state index in [1.165, 1.54) is 10.9 Å². The van der Waals surface area contributed by atoms with E-state index in [1.54, 1.807) is 18.3 Å². The molecule has 0 fully saturated rings. The van der Waals surface area contributed by atoms with E-state index in [0.29, 0.717) is 29.7 Å². The van der Waals surface area contributed by atoms with Crippen molar-refractivity contribution in [1.29, 1.82) is 0 Å². The van der Waals surface area contributed by atoms with Crippen LogP contribution in [0.4, 0.5) is 5.95 Å². The third kappa shape index (κ3) is 3.61. The number of H-pyrrole nitrogens is 2. The summed E-state index contributed by atoms with van der Waals surface area (Å²) in [5, 5.41) is 5.90. The Bertz CT molecular complexity index is 1850. The average Bonchev–Trinajstić information content (AvgIpc) is 3.52. The van der Waals surface area contributed by atoms with Crippen molar-refractivity contribution in [1.82, 2.24) is 24.8 Å². The lowest BCUT2D eigenvalue weighted by Crippen LogP contribution is -2.36. The standard InChI is InChI=1S/C29H22N6O2/c36-27(24-14-17-6-1-2-7-18(17)15-30-24)34-29-32-23-11-5-9-21(26(23)33-29)28(37)35-13-12-20-19-8-3-4-10-22(19)31-25(20)16-35/h1-11,14-15,31H,12-13,16H2,(H2,32,33,34,36). The zero-order chi connectivity index (χ0) is 24.9. The van der Waals surface area contributed by atoms with Crippen LogP contribution in [0.5, 0.6) is 0 Å². The minimum Gasteiger partial charge on any atom is -0.357 e. The van der Waals surface area contributed by atoms with Gasteiger partial charge in [-0.1, -0.05) is 48.5 Å². The lowest BCUT2D eigenvalue weighted by molar-refractivity contribution is 0.0734. The SMILES string of the molecule is O=C(Nc1nc2c(C(=O)N3CCc4c([nH]c5ccccc45)C3)cccc2[nH]1)c1cc2ccccc2cn1. The van der Waals surface area contributed by atoms with Gasteiger partial charge in [-0.05, 0) is 41.6 Å². The largest absolute Gasteiger partial charge is 0.357 e. The first-order valence-corrected chi connectivity index (χ1v) is 12.2. The second kappa shape index (κ2) is 8.30. The molecule has 0 bridgehead atoms. The predicted octanol–water partition coefficient (Wildman–Crippen LogP) is 5.04. The van der Waals surface area contributed by atoms with Crippen LogP contribution in [0, 0.1) is 0 Å². The molecule has 0 aliphatic carbocycles. The minimum absolute atomic E-state index is 0.0875. The number of benzene rings is 3. The van der Waals surface area contributed by atoms with Crippen LogP contribution in [0.2, 0.25) is 0 Å². The van der Waals surface area contributed by atoms with Crippen LogP contribution in [-0.2, 0) is 13.0 Å². The van der Waals surface area contributed by atoms with Crippen LogP contribution in [0.1, 0.15) is 32.1 Å². The third-order valence-electron chi connectivity index (χ3n) is 7.01. The molecule has 3 aromatic heterocycles. The molecule has 0 saturated heterocycles. The van der Waals surface area contributed by atoms with Crippen molar-refractivity contribution >= 4 is 50.5 Å². The number of hydrogen-bond acceptors (Lipinski definition) is 4. The minimum atomic E-state index is -0.375. The summed E-state index contributed by atoms with van der Waals surface area (Å²) in [6.07, 6.45) is 2.47. The smallest absolute Gasteiger partial charge is 0.276 e. The average molecular weight is 487 g/mol. The topological polar surface area (TPSA) is 107 Å². The first-order chi connectivity index (χ1) is 18.1. The van der Waals surface area contributed by atoms with E-state index in [9.17, 15) is 9.59 Å². The van der Waals surface area contributed by atoms with Gasteiger partial charge in [-0.15, -0.1) is 0 Å². The highest BCUT2D eigenvalue weighted by Gasteiger charge is 2.26. The summed E-state index contributed by atoms with van der Waals surface area (Å²) in [6.45, 7) is 1.15. The van der Waals surface area contributed by atoms with Gasteiger partial charge in [-0.25, -0.2) is 4.98 Å². The summed E-state index contributed by atoms with van der Waals surface area (Å²) in [6, 6.07) is 23.2. The molecule has 8 nitrogen and oxygen atoms in total. The van der Waals surface area contributed by atoms with E-state index in [-0.39, 0.29) is 23.5 Å². The van der Waals surface area contributed by atoms with Crippen LogP contribution in [0.15, 0.2) is 79.0 Å². The van der Waals surface area contributed by atoms with Crippen molar-refractivity contribution in [2.45, 2.75) is 13.0 Å². The molecule has 8 heteroatoms. The van der Waals surface area contributed by atoms with E-state index in [4.69, 9.17) is 0 Å². The molecule has 0 radical (unpaired) electrons. The molecule has 1 aliphatic heterocycles. The van der Waals surface area contributed by atoms with Crippen molar-refractivity contribution in [3.63, 3.8) is 0 Å². The highest BCUT2D eigenvalue weighted by Crippen LogP contribution is 2.29. The fourth-order valence-electron chi connectivity index (χ4n) is 5.18. The van der Waals surface area contributed by atoms with E-state index < -0.39 is 0 Å². The second-order valence-electron chi connectivity index (χ2n) is 9.26. The molecule has 6 aromatic rings. The number of anilines is 1. The number of para-hydroxylation sites is 2. The molecule has 0 unspecified atom stereocenters. The van der Waals surface area contributed by atoms with Crippen LogP contribution < -0.4 is 5.32 Å². The van der Waals surface area contributed by atoms with Crippen LogP contribution in [-0.4, -0.2) is 43.2 Å². The lowest BCUT2D eigenvalue weighted by Gasteiger charge is -2.27. The number of rotatable bonds is 3. The van der Waals surface area contributed by atoms with Gasteiger partial charge in [-0.3, -0.25) is 19.9 Å². The van der Waals surface area contributed by atoms with E-state index in [2.05, 4.69) is 37.4 Å². The van der Waals surface area contributed by atoms with E-state index >= 15 is 0 Å². The molecule has 2 amide bonds. The number of carbonyl (C=O) groups excluding carboxylic acids is 2. The van der Waals surface area contributed by atoms with Crippen molar-refractivity contribution < 1.29 is 9.59 Å². The Morgan fingerprint density at radius 2 is 1.70 bits per heavy atom. The number of fused-ring (bicyclic) bond motifs is 5. The van der Waals surface area contributed by atoms with E-state index in [1.807, 2.05) is 53.4 Å². The van der Waals surface area contributed by atoms with Crippen LogP contribution in [0.3, 0.4) is 0 Å². The third-order valence-corrected chi connectivity index (χ3v) is 7.01. The molecule has 0 saturated carbocycles. The quantitative estimate of drug-likeness (QED) is 0.326. The molecule has 180 valence electrons. The van der Waals surface area contributed by atoms with Gasteiger partial charge >= 0.3 is 0 Å². The first kappa shape index (κ1) is 21.3. The highest BCUT2D eigenvalue weighted by atomic mass is 16.2. The Kier molecular flexibility index (Phi) is 4.78. The molecule has 3 aromatic carbocycles. The molecular formula is C29H22N6O2. The van der Waals surface area contributed by atoms with Gasteiger partial charge < -0.3 is 14.9 Å². The Hall–Kier alpha value is -4.98. The molecule has 37 heavy (non-hydrogen) atoms. The van der Waals surface area contributed by atoms with Crippen molar-refractivity contribution in [3.8, 4) is 0 Å². The molecule has 3 N–H and O–H groups in total. The zero-order valence-electron chi connectivity index (χ0n) is 19.8. The summed E-state index contributed by atoms with van der Waals surface area (Å²) in [7, 11) is 0. The number of pyridine rings is 1. The summed E-state index contributed by atoms with van der Waals surface area (Å²) in [4.78, 5) is 43.7. The summed E-state index contributed by atoms with van der Waals surface area (Å²) in [5.41, 5.74) is 5.44. The summed E-state index contributed by atoms with van der Waals surface area (Å²) < 4.78 is 0. The van der Waals surface area contributed by atoms with Crippen molar-refractivity contribution in [2.75, 3.05) is 11.9 Å². The number of carbonyl (C=O) groups is 2. The van der Waals surface area contributed by atoms with Gasteiger partial charge in [0.2, 0.25) is 5.95 Å². The lowest BCUT2D eigenvalue weighted by atomic mass is 10.0. The number of hydrogen-bond donors (Lipinski definition) is 3. The Morgan fingerprint density at radius 1 is 0.892 bits per heavy atom. The van der Waals surface area contributed by atoms with Gasteiger partial charge in [0.05, 0.1) is 17.6 Å². The van der Waals surface area contributed by atoms with Gasteiger partial charge in [-0.2, -0.15) is 0 Å². The monoisotopic (exact) mass is 486 g/mol. The second-order valence-corrected chi connectivity index (χ2v) is 9.26. The van der Waals surface area contributed by atoms with Crippen molar-refractivity contribution in [2.24, 2.45) is 0 Å². The number of nitrogens with zero attached hydrogens (tertiary/aromatic N) is 3. The molecule has 1 aliphatic rings. The number of amides is 2. The van der Waals surface area contributed by atoms with Gasteiger partial charge in [0.15, 0.2) is 0 Å². The Labute approximate surface area is 211 Å². The van der Waals surface area contributed by atoms with Gasteiger partial charge in [0, 0.05) is 34.7 Å².